The number of fused-ring (bicyclic) bond motifs is 1. The summed E-state index contributed by atoms with van der Waals surface area (Å²) in [5.74, 6) is 0.0581. The van der Waals surface area contributed by atoms with E-state index >= 15 is 0 Å². The van der Waals surface area contributed by atoms with Gasteiger partial charge in [0.15, 0.2) is 0 Å². The number of anilines is 2. The Morgan fingerprint density at radius 3 is 2.88 bits per heavy atom. The number of nitrogen functional groups attached to an aromatic ring is 1. The number of benzene rings is 2. The molecule has 0 radical (unpaired) electrons. The van der Waals surface area contributed by atoms with Gasteiger partial charge in [-0.1, -0.05) is 23.7 Å². The van der Waals surface area contributed by atoms with Crippen molar-refractivity contribution >= 4 is 50.6 Å². The van der Waals surface area contributed by atoms with E-state index in [-0.39, 0.29) is 23.8 Å². The molecule has 164 valence electrons. The van der Waals surface area contributed by atoms with Gasteiger partial charge < -0.3 is 16.2 Å². The minimum atomic E-state index is -0.500. The first-order chi connectivity index (χ1) is 15.5. The van der Waals surface area contributed by atoms with Crippen LogP contribution in [0.3, 0.4) is 0 Å². The number of carbonyl (C=O) groups excluding carboxylic acids is 1. The summed E-state index contributed by atoms with van der Waals surface area (Å²) in [5.41, 5.74) is 14.4. The fourth-order valence-electron chi connectivity index (χ4n) is 3.04. The normalized spacial score (nSPS) is 10.9. The standard InChI is InChI=1S/C22H20ClN5O3S/c23-16-10-14(2-3-15(16)22(30)28-31-8-7-29)18-6-4-17(24)21(27-18)25-11-13-1-5-19-20(9-13)32-12-26-19/h1-6,9-10,12,29H,7-8,11,24H2,(H,25,27)(H,28,30). The zero-order valence-electron chi connectivity index (χ0n) is 16.8. The Bertz CT molecular complexity index is 1260. The summed E-state index contributed by atoms with van der Waals surface area (Å²) in [4.78, 5) is 25.9. The van der Waals surface area contributed by atoms with Gasteiger partial charge in [-0.2, -0.15) is 0 Å². The molecule has 0 saturated heterocycles. The predicted octanol–water partition coefficient (Wildman–Crippen LogP) is 3.86. The number of aliphatic hydroxyl groups excluding tert-OH is 1. The first kappa shape index (κ1) is 22.0. The van der Waals surface area contributed by atoms with Crippen molar-refractivity contribution < 1.29 is 14.7 Å². The number of carbonyl (C=O) groups is 1. The van der Waals surface area contributed by atoms with Gasteiger partial charge in [0.05, 0.1) is 50.9 Å². The van der Waals surface area contributed by atoms with Crippen LogP contribution in [0.4, 0.5) is 11.5 Å². The molecule has 0 spiro atoms. The highest BCUT2D eigenvalue weighted by Crippen LogP contribution is 2.28. The van der Waals surface area contributed by atoms with E-state index in [9.17, 15) is 4.79 Å². The number of nitrogens with two attached hydrogens (primary N) is 1. The van der Waals surface area contributed by atoms with Gasteiger partial charge >= 0.3 is 0 Å². The summed E-state index contributed by atoms with van der Waals surface area (Å²) in [6, 6.07) is 14.6. The largest absolute Gasteiger partial charge is 0.396 e. The van der Waals surface area contributed by atoms with Crippen molar-refractivity contribution in [2.24, 2.45) is 0 Å². The molecule has 2 aromatic carbocycles. The molecule has 8 nitrogen and oxygen atoms in total. The fraction of sp³-hybridized carbons (Fsp3) is 0.136. The number of pyridine rings is 1. The Morgan fingerprint density at radius 2 is 2.06 bits per heavy atom. The number of hydrogen-bond acceptors (Lipinski definition) is 8. The maximum Gasteiger partial charge on any atom is 0.276 e. The van der Waals surface area contributed by atoms with Crippen LogP contribution in [0.1, 0.15) is 15.9 Å². The number of halogens is 1. The maximum atomic E-state index is 12.1. The molecule has 4 aromatic rings. The number of aliphatic hydroxyl groups is 1. The molecular formula is C22H20ClN5O3S. The van der Waals surface area contributed by atoms with Crippen LogP contribution in [0.2, 0.25) is 5.02 Å². The van der Waals surface area contributed by atoms with Gasteiger partial charge in [-0.3, -0.25) is 9.63 Å². The van der Waals surface area contributed by atoms with Crippen molar-refractivity contribution in [2.45, 2.75) is 6.54 Å². The third kappa shape index (κ3) is 4.97. The lowest BCUT2D eigenvalue weighted by molar-refractivity contribution is 0.0168. The molecule has 0 aliphatic rings. The molecule has 2 heterocycles. The van der Waals surface area contributed by atoms with Crippen LogP contribution in [0.25, 0.3) is 21.5 Å². The Kier molecular flexibility index (Phi) is 6.81. The molecule has 1 amide bonds. The minimum absolute atomic E-state index is 0.00928. The summed E-state index contributed by atoms with van der Waals surface area (Å²) in [5, 5.41) is 12.3. The van der Waals surface area contributed by atoms with Crippen LogP contribution < -0.4 is 16.5 Å². The fourth-order valence-corrected chi connectivity index (χ4v) is 4.05. The van der Waals surface area contributed by atoms with Crippen LogP contribution in [0, 0.1) is 0 Å². The van der Waals surface area contributed by atoms with E-state index in [0.29, 0.717) is 23.7 Å². The van der Waals surface area contributed by atoms with Crippen molar-refractivity contribution in [1.29, 1.82) is 0 Å². The van der Waals surface area contributed by atoms with Crippen molar-refractivity contribution in [3.63, 3.8) is 0 Å². The number of amides is 1. The van der Waals surface area contributed by atoms with Crippen LogP contribution >= 0.6 is 22.9 Å². The van der Waals surface area contributed by atoms with Crippen LogP contribution in [-0.2, 0) is 11.4 Å². The first-order valence-electron chi connectivity index (χ1n) is 9.70. The molecule has 2 aromatic heterocycles. The number of rotatable bonds is 8. The highest BCUT2D eigenvalue weighted by molar-refractivity contribution is 7.16. The third-order valence-corrected chi connectivity index (χ3v) is 5.75. The molecule has 0 fully saturated rings. The zero-order valence-corrected chi connectivity index (χ0v) is 18.4. The molecule has 32 heavy (non-hydrogen) atoms. The molecule has 0 aliphatic heterocycles. The second-order valence-corrected chi connectivity index (χ2v) is 8.13. The Balaban J connectivity index is 1.50. The predicted molar refractivity (Wildman–Crippen MR) is 127 cm³/mol. The molecule has 0 unspecified atom stereocenters. The number of thiazole rings is 1. The number of hydroxylamine groups is 1. The number of hydrogen-bond donors (Lipinski definition) is 4. The van der Waals surface area contributed by atoms with Crippen LogP contribution in [0.5, 0.6) is 0 Å². The van der Waals surface area contributed by atoms with Gasteiger partial charge in [0.1, 0.15) is 5.82 Å². The third-order valence-electron chi connectivity index (χ3n) is 4.65. The molecular weight excluding hydrogens is 450 g/mol. The summed E-state index contributed by atoms with van der Waals surface area (Å²) in [6.07, 6.45) is 0. The summed E-state index contributed by atoms with van der Waals surface area (Å²) >= 11 is 7.90. The second kappa shape index (κ2) is 9.92. The molecule has 0 bridgehead atoms. The Morgan fingerprint density at radius 1 is 1.19 bits per heavy atom. The van der Waals surface area contributed by atoms with E-state index in [1.54, 1.807) is 41.7 Å². The number of aromatic nitrogens is 2. The molecule has 0 aliphatic carbocycles. The van der Waals surface area contributed by atoms with Gasteiger partial charge in [0.2, 0.25) is 0 Å². The van der Waals surface area contributed by atoms with Gasteiger partial charge in [-0.05, 0) is 42.0 Å². The van der Waals surface area contributed by atoms with E-state index in [1.807, 2.05) is 17.6 Å². The average molecular weight is 470 g/mol. The number of nitrogens with zero attached hydrogens (tertiary/aromatic N) is 2. The maximum absolute atomic E-state index is 12.1. The highest BCUT2D eigenvalue weighted by atomic mass is 35.5. The van der Waals surface area contributed by atoms with Crippen LogP contribution in [0.15, 0.2) is 54.0 Å². The van der Waals surface area contributed by atoms with E-state index in [1.165, 1.54) is 0 Å². The average Bonchev–Trinajstić information content (AvgIpc) is 3.26. The van der Waals surface area contributed by atoms with E-state index in [0.717, 1.165) is 21.3 Å². The molecule has 10 heteroatoms. The Hall–Kier alpha value is -3.24. The summed E-state index contributed by atoms with van der Waals surface area (Å²) < 4.78 is 1.12. The lowest BCUT2D eigenvalue weighted by atomic mass is 10.1. The minimum Gasteiger partial charge on any atom is -0.396 e. The van der Waals surface area contributed by atoms with Gasteiger partial charge in [0.25, 0.3) is 5.91 Å². The first-order valence-corrected chi connectivity index (χ1v) is 11.0. The monoisotopic (exact) mass is 469 g/mol. The highest BCUT2D eigenvalue weighted by Gasteiger charge is 2.13. The number of nitrogens with one attached hydrogen (secondary N) is 2. The quantitative estimate of drug-likeness (QED) is 0.228. The van der Waals surface area contributed by atoms with E-state index in [4.69, 9.17) is 27.3 Å². The molecule has 0 atom stereocenters. The van der Waals surface area contributed by atoms with Crippen molar-refractivity contribution in [1.82, 2.24) is 15.4 Å². The van der Waals surface area contributed by atoms with Crippen molar-refractivity contribution in [3.8, 4) is 11.3 Å². The summed E-state index contributed by atoms with van der Waals surface area (Å²) in [7, 11) is 0. The smallest absolute Gasteiger partial charge is 0.276 e. The lowest BCUT2D eigenvalue weighted by Gasteiger charge is -2.12. The van der Waals surface area contributed by atoms with Gasteiger partial charge in [-0.25, -0.2) is 15.4 Å². The van der Waals surface area contributed by atoms with Gasteiger partial charge in [-0.15, -0.1) is 11.3 Å². The summed E-state index contributed by atoms with van der Waals surface area (Å²) in [6.45, 7) is 0.346. The molecule has 5 N–H and O–H groups in total. The lowest BCUT2D eigenvalue weighted by Crippen LogP contribution is -2.25. The molecule has 0 saturated carbocycles. The van der Waals surface area contributed by atoms with Crippen molar-refractivity contribution in [2.75, 3.05) is 24.3 Å². The zero-order chi connectivity index (χ0) is 22.5. The van der Waals surface area contributed by atoms with Crippen molar-refractivity contribution in [3.05, 3.63) is 70.2 Å². The molecule has 4 rings (SSSR count). The van der Waals surface area contributed by atoms with E-state index < -0.39 is 5.91 Å². The van der Waals surface area contributed by atoms with E-state index in [2.05, 4.69) is 26.8 Å². The van der Waals surface area contributed by atoms with Crippen LogP contribution in [-0.4, -0.2) is 34.2 Å². The van der Waals surface area contributed by atoms with Gasteiger partial charge in [0, 0.05) is 12.1 Å². The SMILES string of the molecule is Nc1ccc(-c2ccc(C(=O)NOCCO)c(Cl)c2)nc1NCc1ccc2ncsc2c1. The topological polar surface area (TPSA) is 122 Å². The second-order valence-electron chi connectivity index (χ2n) is 6.84. The Labute approximate surface area is 193 Å².